The topological polar surface area (TPSA) is 0 Å². The Morgan fingerprint density at radius 1 is 0.312 bits per heavy atom. The van der Waals surface area contributed by atoms with E-state index >= 15 is 0 Å². The van der Waals surface area contributed by atoms with Gasteiger partial charge in [0.2, 0.25) is 0 Å². The van der Waals surface area contributed by atoms with Crippen molar-refractivity contribution in [3.8, 4) is 47.4 Å². The molecule has 3 rings (SSSR count). The van der Waals surface area contributed by atoms with Gasteiger partial charge < -0.3 is 0 Å². The Bertz CT molecular complexity index is 1130. The molecule has 32 heavy (non-hydrogen) atoms. The van der Waals surface area contributed by atoms with Crippen molar-refractivity contribution in [1.29, 1.82) is 0 Å². The van der Waals surface area contributed by atoms with E-state index in [1.54, 1.807) is 24.3 Å². The third-order valence-electron chi connectivity index (χ3n) is 4.16. The summed E-state index contributed by atoms with van der Waals surface area (Å²) in [5, 5.41) is 0. The minimum atomic E-state index is 1.05. The summed E-state index contributed by atoms with van der Waals surface area (Å²) in [6.07, 6.45) is 39.3. The number of fused-ring (bicyclic) bond motifs is 2. The summed E-state index contributed by atoms with van der Waals surface area (Å²) >= 11 is 0. The normalized spacial score (nSPS) is 31.0. The van der Waals surface area contributed by atoms with Crippen LogP contribution in [0.25, 0.3) is 0 Å². The zero-order valence-electron chi connectivity index (χ0n) is 17.5. The van der Waals surface area contributed by atoms with Crippen molar-refractivity contribution in [1.82, 2.24) is 0 Å². The average Bonchev–Trinajstić information content (AvgIpc) is 2.76. The van der Waals surface area contributed by atoms with Crippen LogP contribution in [0.2, 0.25) is 0 Å². The van der Waals surface area contributed by atoms with E-state index < -0.39 is 0 Å². The van der Waals surface area contributed by atoms with Crippen molar-refractivity contribution >= 4 is 0 Å². The van der Waals surface area contributed by atoms with Gasteiger partial charge in [-0.2, -0.15) is 0 Å². The molecule has 0 nitrogen and oxygen atoms in total. The zero-order valence-corrected chi connectivity index (χ0v) is 17.5. The van der Waals surface area contributed by atoms with Crippen molar-refractivity contribution in [3.05, 3.63) is 144 Å². The average molecular weight is 405 g/mol. The molecule has 0 fully saturated rings. The highest BCUT2D eigenvalue weighted by atomic mass is 14.0. The van der Waals surface area contributed by atoms with E-state index in [0.29, 0.717) is 0 Å². The van der Waals surface area contributed by atoms with Crippen LogP contribution < -0.4 is 0 Å². The summed E-state index contributed by atoms with van der Waals surface area (Å²) in [6, 6.07) is 0. The minimum Gasteiger partial charge on any atom is -0.0617 e. The quantitative estimate of drug-likeness (QED) is 0.422. The second-order valence-electron chi connectivity index (χ2n) is 6.51. The monoisotopic (exact) mass is 404 g/mol. The fraction of sp³-hybridized carbons (Fsp3) is 0. The predicted molar refractivity (Wildman–Crippen MR) is 137 cm³/mol. The Hall–Kier alpha value is -4.88. The predicted octanol–water partition coefficient (Wildman–Crippen LogP) is 6.20. The third-order valence-corrected chi connectivity index (χ3v) is 4.16. The second-order valence-corrected chi connectivity index (χ2v) is 6.51. The van der Waals surface area contributed by atoms with Crippen LogP contribution in [0.1, 0.15) is 0 Å². The Labute approximate surface area is 191 Å². The first-order valence-corrected chi connectivity index (χ1v) is 10.1. The molecule has 0 unspecified atom stereocenters. The number of rotatable bonds is 0. The molecular formula is C32H20. The van der Waals surface area contributed by atoms with Gasteiger partial charge in [0.15, 0.2) is 0 Å². The molecule has 0 aromatic heterocycles. The molecule has 0 aromatic carbocycles. The molecule has 4 bridgehead atoms. The molecule has 0 aromatic rings. The van der Waals surface area contributed by atoms with E-state index in [1.165, 1.54) is 0 Å². The Balaban J connectivity index is 1.90. The zero-order chi connectivity index (χ0) is 22.1. The van der Waals surface area contributed by atoms with E-state index in [-0.39, 0.29) is 0 Å². The highest BCUT2D eigenvalue weighted by Crippen LogP contribution is 2.10. The Morgan fingerprint density at radius 2 is 0.562 bits per heavy atom. The molecule has 0 heteroatoms. The lowest BCUT2D eigenvalue weighted by Crippen LogP contribution is -1.77. The Morgan fingerprint density at radius 3 is 0.812 bits per heavy atom. The van der Waals surface area contributed by atoms with Gasteiger partial charge in [0.25, 0.3) is 0 Å². The molecule has 0 radical (unpaired) electrons. The highest BCUT2D eigenvalue weighted by Gasteiger charge is 1.90. The molecule has 0 heterocycles. The third kappa shape index (κ3) is 8.64. The van der Waals surface area contributed by atoms with Crippen molar-refractivity contribution < 1.29 is 0 Å². The van der Waals surface area contributed by atoms with Crippen molar-refractivity contribution in [2.45, 2.75) is 0 Å². The first-order valence-electron chi connectivity index (χ1n) is 10.1. The smallest absolute Gasteiger partial charge is 0.0102 e. The molecule has 148 valence electrons. The molecule has 0 amide bonds. The molecule has 0 saturated carbocycles. The van der Waals surface area contributed by atoms with Crippen LogP contribution in [0, 0.1) is 47.4 Å². The highest BCUT2D eigenvalue weighted by molar-refractivity contribution is 5.49. The molecular weight excluding hydrogens is 384 g/mol. The van der Waals surface area contributed by atoms with Crippen LogP contribution in [0.4, 0.5) is 0 Å². The summed E-state index contributed by atoms with van der Waals surface area (Å²) in [6.45, 7) is 0. The van der Waals surface area contributed by atoms with Crippen LogP contribution in [0.15, 0.2) is 144 Å². The fourth-order valence-corrected chi connectivity index (χ4v) is 2.58. The lowest BCUT2D eigenvalue weighted by Gasteiger charge is -1.96. The maximum absolute atomic E-state index is 2.95. The van der Waals surface area contributed by atoms with Crippen molar-refractivity contribution in [2.24, 2.45) is 0 Å². The molecule has 3 aliphatic carbocycles. The van der Waals surface area contributed by atoms with E-state index in [0.717, 1.165) is 22.3 Å². The largest absolute Gasteiger partial charge is 0.0617 e. The van der Waals surface area contributed by atoms with Gasteiger partial charge in [0.1, 0.15) is 0 Å². The first-order chi connectivity index (χ1) is 15.9. The van der Waals surface area contributed by atoms with Gasteiger partial charge in [-0.1, -0.05) is 96.6 Å². The molecule has 0 aliphatic heterocycles. The van der Waals surface area contributed by atoms with E-state index in [4.69, 9.17) is 0 Å². The SMILES string of the molecule is C1#C\C=C/C2=C/C=C(/C=C\C#CC#C\C=C/C3=C/C=C(/C=C\C#C1)\C=C/C=C\3)\C=C/C=C\2. The van der Waals surface area contributed by atoms with Gasteiger partial charge in [-0.15, -0.1) is 0 Å². The van der Waals surface area contributed by atoms with Gasteiger partial charge >= 0.3 is 0 Å². The molecule has 3 aliphatic rings. The summed E-state index contributed by atoms with van der Waals surface area (Å²) < 4.78 is 0. The molecule has 0 N–H and O–H groups in total. The fourth-order valence-electron chi connectivity index (χ4n) is 2.58. The van der Waals surface area contributed by atoms with E-state index in [1.807, 2.05) is 97.2 Å². The number of hydrogen-bond acceptors (Lipinski definition) is 0. The summed E-state index contributed by atoms with van der Waals surface area (Å²) in [4.78, 5) is 0. The molecule has 0 saturated heterocycles. The van der Waals surface area contributed by atoms with Crippen molar-refractivity contribution in [3.63, 3.8) is 0 Å². The van der Waals surface area contributed by atoms with Gasteiger partial charge in [0.05, 0.1) is 0 Å². The van der Waals surface area contributed by atoms with Crippen LogP contribution >= 0.6 is 0 Å². The first kappa shape index (κ1) is 21.8. The second kappa shape index (κ2) is 13.4. The lowest BCUT2D eigenvalue weighted by molar-refractivity contribution is 1.60. The van der Waals surface area contributed by atoms with Crippen LogP contribution in [-0.4, -0.2) is 0 Å². The maximum Gasteiger partial charge on any atom is -0.0102 e. The Kier molecular flexibility index (Phi) is 9.11. The molecule has 0 spiro atoms. The standard InChI is InChI=1S/C32H20/c1-2-6-10-18-30-22-15-16-24-32(28-27-30)20-12-8-4-3-7-11-19-31-23-14-13-21-29(25-26-31)17-9-5-1/h9-28H/b14-13?,16-15?,17-9-,18-10-,19-11-,20-12-,21-13-,22-15-,23-14-,24-16-,26-25?,28-27?,29-17?,29-21?,29-25-,30-18?,30-22?,30-27-,31-19?,31-23?,31-26-,32-20?,32-24?,32-28-. The van der Waals surface area contributed by atoms with Gasteiger partial charge in [0, 0.05) is 0 Å². The maximum atomic E-state index is 2.95. The van der Waals surface area contributed by atoms with E-state index in [2.05, 4.69) is 47.4 Å². The van der Waals surface area contributed by atoms with Crippen LogP contribution in [-0.2, 0) is 0 Å². The van der Waals surface area contributed by atoms with Crippen molar-refractivity contribution in [2.75, 3.05) is 0 Å². The van der Waals surface area contributed by atoms with Crippen LogP contribution in [0.3, 0.4) is 0 Å². The summed E-state index contributed by atoms with van der Waals surface area (Å²) in [5.41, 5.74) is 4.19. The van der Waals surface area contributed by atoms with Gasteiger partial charge in [-0.25, -0.2) is 0 Å². The lowest BCUT2D eigenvalue weighted by atomic mass is 10.1. The number of allylic oxidation sites excluding steroid dienone is 24. The minimum absolute atomic E-state index is 1.05. The summed E-state index contributed by atoms with van der Waals surface area (Å²) in [7, 11) is 0. The summed E-state index contributed by atoms with van der Waals surface area (Å²) in [5.74, 6) is 23.2. The van der Waals surface area contributed by atoms with Crippen LogP contribution in [0.5, 0.6) is 0 Å². The van der Waals surface area contributed by atoms with E-state index in [9.17, 15) is 0 Å². The number of hydrogen-bond donors (Lipinski definition) is 0. The van der Waals surface area contributed by atoms with Gasteiger partial charge in [-0.05, 0) is 94.6 Å². The van der Waals surface area contributed by atoms with Gasteiger partial charge in [-0.3, -0.25) is 0 Å². The molecule has 0 atom stereocenters.